The van der Waals surface area contributed by atoms with E-state index in [9.17, 15) is 13.5 Å². The number of rotatable bonds is 9. The lowest BCUT2D eigenvalue weighted by Gasteiger charge is -2.13. The van der Waals surface area contributed by atoms with Crippen molar-refractivity contribution in [2.75, 3.05) is 11.9 Å². The van der Waals surface area contributed by atoms with Crippen LogP contribution in [0.1, 0.15) is 25.8 Å². The van der Waals surface area contributed by atoms with Gasteiger partial charge in [0, 0.05) is 17.5 Å². The Balaban J connectivity index is 0.00000320. The van der Waals surface area contributed by atoms with Gasteiger partial charge in [0.1, 0.15) is 30.0 Å². The maximum atomic E-state index is 11.1. The first kappa shape index (κ1) is 26.5. The van der Waals surface area contributed by atoms with Crippen molar-refractivity contribution in [1.29, 1.82) is 0 Å². The van der Waals surface area contributed by atoms with Crippen molar-refractivity contribution in [3.8, 4) is 17.1 Å². The molecule has 0 radical (unpaired) electrons. The van der Waals surface area contributed by atoms with Crippen LogP contribution in [-0.4, -0.2) is 52.2 Å². The molecule has 0 amide bonds. The Morgan fingerprint density at radius 2 is 1.84 bits per heavy atom. The molecule has 1 fully saturated rings. The SMILES string of the molecule is C.NS(=O)(=O)OC[C@@H]1C[C@@H](Nc2ncnc3nc(-c4ccc(OCc5ccccc5)cc4)[nH]c23)C[C@@H]1O. The zero-order valence-electron chi connectivity index (χ0n) is 19.2. The Bertz CT molecular complexity index is 1430. The molecule has 0 unspecified atom stereocenters. The molecule has 0 saturated heterocycles. The van der Waals surface area contributed by atoms with Gasteiger partial charge in [-0.15, -0.1) is 0 Å². The molecule has 1 aliphatic rings. The van der Waals surface area contributed by atoms with Crippen LogP contribution in [0.4, 0.5) is 5.82 Å². The standard InChI is InChI=1S/C24H26N6O5S.CH4/c25-36(32,33)35-13-17-10-18(11-20(17)31)28-23-21-24(27-14-26-23)30-22(29-21)16-6-8-19(9-7-16)34-12-15-4-2-1-3-5-15;/h1-9,14,17-18,20,31H,10-13H2,(H2,25,32,33)(H2,26,27,28,29,30);1H4/t17-,18+,20-;/m0./s1. The summed E-state index contributed by atoms with van der Waals surface area (Å²) in [6.07, 6.45) is 1.60. The van der Waals surface area contributed by atoms with Gasteiger partial charge in [-0.25, -0.2) is 20.1 Å². The molecule has 0 bridgehead atoms. The number of aliphatic hydroxyl groups excluding tert-OH is 1. The molecule has 3 atom stereocenters. The molecule has 0 aliphatic heterocycles. The minimum atomic E-state index is -4.06. The highest BCUT2D eigenvalue weighted by Crippen LogP contribution is 2.31. The van der Waals surface area contributed by atoms with Gasteiger partial charge in [-0.1, -0.05) is 37.8 Å². The molecule has 5 rings (SSSR count). The number of aromatic nitrogens is 4. The number of hydrogen-bond donors (Lipinski definition) is 4. The van der Waals surface area contributed by atoms with Gasteiger partial charge in [0.25, 0.3) is 0 Å². The Hall–Kier alpha value is -3.58. The number of anilines is 1. The number of benzene rings is 2. The van der Waals surface area contributed by atoms with Gasteiger partial charge in [-0.3, -0.25) is 4.18 Å². The van der Waals surface area contributed by atoms with Crippen molar-refractivity contribution in [2.45, 2.75) is 39.0 Å². The topological polar surface area (TPSA) is 165 Å². The molecule has 1 aliphatic carbocycles. The molecule has 5 N–H and O–H groups in total. The van der Waals surface area contributed by atoms with Gasteiger partial charge in [-0.2, -0.15) is 8.42 Å². The Morgan fingerprint density at radius 1 is 1.08 bits per heavy atom. The van der Waals surface area contributed by atoms with Crippen molar-refractivity contribution in [3.05, 3.63) is 66.5 Å². The van der Waals surface area contributed by atoms with Crippen molar-refractivity contribution in [2.24, 2.45) is 11.1 Å². The smallest absolute Gasteiger partial charge is 0.333 e. The van der Waals surface area contributed by atoms with E-state index in [1.807, 2.05) is 54.6 Å². The average molecular weight is 527 g/mol. The Kier molecular flexibility index (Phi) is 8.03. The number of fused-ring (bicyclic) bond motifs is 1. The van der Waals surface area contributed by atoms with E-state index in [-0.39, 0.29) is 26.0 Å². The number of imidazole rings is 1. The van der Waals surface area contributed by atoms with E-state index < -0.39 is 16.4 Å². The number of nitrogens with zero attached hydrogens (tertiary/aromatic N) is 3. The normalized spacial score (nSPS) is 19.5. The van der Waals surface area contributed by atoms with Crippen LogP contribution in [0.5, 0.6) is 5.75 Å². The molecule has 196 valence electrons. The monoisotopic (exact) mass is 526 g/mol. The fourth-order valence-electron chi connectivity index (χ4n) is 4.30. The van der Waals surface area contributed by atoms with E-state index in [4.69, 9.17) is 9.88 Å². The summed E-state index contributed by atoms with van der Waals surface area (Å²) < 4.78 is 32.7. The number of nitrogens with two attached hydrogens (primary N) is 1. The predicted octanol–water partition coefficient (Wildman–Crippen LogP) is 3.01. The third kappa shape index (κ3) is 6.60. The number of aliphatic hydroxyl groups is 1. The van der Waals surface area contributed by atoms with Crippen molar-refractivity contribution >= 4 is 27.3 Å². The minimum absolute atomic E-state index is 0. The first-order valence-corrected chi connectivity index (χ1v) is 12.9. The molecule has 11 nitrogen and oxygen atoms in total. The quantitative estimate of drug-likeness (QED) is 0.256. The zero-order valence-corrected chi connectivity index (χ0v) is 20.1. The zero-order chi connectivity index (χ0) is 25.1. The molecule has 0 spiro atoms. The maximum Gasteiger partial charge on any atom is 0.333 e. The number of aromatic amines is 1. The molecule has 2 heterocycles. The highest BCUT2D eigenvalue weighted by molar-refractivity contribution is 7.84. The first-order valence-electron chi connectivity index (χ1n) is 11.4. The van der Waals surface area contributed by atoms with E-state index in [1.54, 1.807) is 0 Å². The van der Waals surface area contributed by atoms with Crippen LogP contribution in [-0.2, 0) is 21.1 Å². The van der Waals surface area contributed by atoms with E-state index in [0.29, 0.717) is 42.3 Å². The minimum Gasteiger partial charge on any atom is -0.489 e. The molecule has 37 heavy (non-hydrogen) atoms. The maximum absolute atomic E-state index is 11.1. The van der Waals surface area contributed by atoms with Gasteiger partial charge in [0.15, 0.2) is 11.5 Å². The average Bonchev–Trinajstić information content (AvgIpc) is 3.46. The Morgan fingerprint density at radius 3 is 2.57 bits per heavy atom. The van der Waals surface area contributed by atoms with Crippen LogP contribution in [0.25, 0.3) is 22.6 Å². The number of hydrogen-bond acceptors (Lipinski definition) is 9. The van der Waals surface area contributed by atoms with Gasteiger partial charge in [-0.05, 0) is 42.7 Å². The van der Waals surface area contributed by atoms with Gasteiger partial charge < -0.3 is 20.1 Å². The van der Waals surface area contributed by atoms with Gasteiger partial charge >= 0.3 is 10.3 Å². The molecule has 4 aromatic rings. The molecule has 12 heteroatoms. The van der Waals surface area contributed by atoms with Crippen molar-refractivity contribution < 1.29 is 22.4 Å². The summed E-state index contributed by atoms with van der Waals surface area (Å²) in [7, 11) is -4.06. The van der Waals surface area contributed by atoms with Gasteiger partial charge in [0.2, 0.25) is 0 Å². The first-order chi connectivity index (χ1) is 17.3. The van der Waals surface area contributed by atoms with Crippen LogP contribution in [0.15, 0.2) is 60.9 Å². The van der Waals surface area contributed by atoms with E-state index in [0.717, 1.165) is 16.9 Å². The summed E-state index contributed by atoms with van der Waals surface area (Å²) >= 11 is 0. The lowest BCUT2D eigenvalue weighted by atomic mass is 10.1. The number of H-pyrrole nitrogens is 1. The highest BCUT2D eigenvalue weighted by atomic mass is 32.2. The lowest BCUT2D eigenvalue weighted by Crippen LogP contribution is -2.24. The van der Waals surface area contributed by atoms with Crippen molar-refractivity contribution in [1.82, 2.24) is 19.9 Å². The third-order valence-corrected chi connectivity index (χ3v) is 6.57. The van der Waals surface area contributed by atoms with E-state index in [2.05, 4.69) is 29.4 Å². The molecule has 2 aromatic carbocycles. The van der Waals surface area contributed by atoms with E-state index in [1.165, 1.54) is 6.33 Å². The number of ether oxygens (including phenoxy) is 1. The van der Waals surface area contributed by atoms with Crippen LogP contribution in [0.2, 0.25) is 0 Å². The third-order valence-electron chi connectivity index (χ3n) is 6.11. The summed E-state index contributed by atoms with van der Waals surface area (Å²) in [6, 6.07) is 17.4. The van der Waals surface area contributed by atoms with Crippen LogP contribution >= 0.6 is 0 Å². The van der Waals surface area contributed by atoms with E-state index >= 15 is 0 Å². The largest absolute Gasteiger partial charge is 0.489 e. The van der Waals surface area contributed by atoms with Crippen molar-refractivity contribution in [3.63, 3.8) is 0 Å². The fourth-order valence-corrected chi connectivity index (χ4v) is 4.66. The fraction of sp³-hybridized carbons (Fsp3) is 0.320. The summed E-state index contributed by atoms with van der Waals surface area (Å²) in [6.45, 7) is 0.316. The summed E-state index contributed by atoms with van der Waals surface area (Å²) in [5.41, 5.74) is 3.09. The summed E-state index contributed by atoms with van der Waals surface area (Å²) in [4.78, 5) is 16.5. The van der Waals surface area contributed by atoms with Crippen LogP contribution < -0.4 is 15.2 Å². The summed E-state index contributed by atoms with van der Waals surface area (Å²) in [5, 5.41) is 18.5. The van der Waals surface area contributed by atoms with Crippen LogP contribution in [0, 0.1) is 5.92 Å². The number of nitrogens with one attached hydrogen (secondary N) is 2. The Labute approximate surface area is 215 Å². The second-order valence-electron chi connectivity index (χ2n) is 8.72. The molecule has 2 aromatic heterocycles. The molecular formula is C25H30N6O5S. The lowest BCUT2D eigenvalue weighted by molar-refractivity contribution is 0.101. The second-order valence-corrected chi connectivity index (χ2v) is 9.94. The predicted molar refractivity (Wildman–Crippen MR) is 140 cm³/mol. The highest BCUT2D eigenvalue weighted by Gasteiger charge is 2.34. The summed E-state index contributed by atoms with van der Waals surface area (Å²) in [5.74, 6) is 1.57. The molecular weight excluding hydrogens is 496 g/mol. The van der Waals surface area contributed by atoms with Gasteiger partial charge in [0.05, 0.1) is 12.7 Å². The molecule has 1 saturated carbocycles. The second kappa shape index (κ2) is 11.2. The van der Waals surface area contributed by atoms with Crippen LogP contribution in [0.3, 0.4) is 0 Å².